The molecular weight excluding hydrogens is 359 g/mol. The van der Waals surface area contributed by atoms with E-state index in [0.717, 1.165) is 18.5 Å². The van der Waals surface area contributed by atoms with Gasteiger partial charge in [0, 0.05) is 32.7 Å². The van der Waals surface area contributed by atoms with E-state index >= 15 is 0 Å². The predicted molar refractivity (Wildman–Crippen MR) is 104 cm³/mol. The molecule has 1 N–H and O–H groups in total. The summed E-state index contributed by atoms with van der Waals surface area (Å²) in [7, 11) is 0. The number of halogens is 1. The fourth-order valence-corrected chi connectivity index (χ4v) is 3.12. The third-order valence-electron chi connectivity index (χ3n) is 4.48. The number of carbonyl (C=O) groups excluding carboxylic acids is 1. The van der Waals surface area contributed by atoms with Gasteiger partial charge in [0.25, 0.3) is 5.91 Å². The number of carbonyl (C=O) groups is 1. The predicted octanol–water partition coefficient (Wildman–Crippen LogP) is 2.89. The molecule has 1 amide bonds. The lowest BCUT2D eigenvalue weighted by atomic mass is 10.1. The van der Waals surface area contributed by atoms with Gasteiger partial charge in [-0.2, -0.15) is 0 Å². The molecule has 1 aromatic carbocycles. The standard InChI is InChI=1S/C22H25FN2O3/c1-22(2,27)10-9-19-7-8-20(28-19)21(26)25-12-4-11-24(13-14-25)16-17-5-3-6-18(23)15-17/h3,5-8,15,27H,4,11-14,16H2,1-2H3. The SMILES string of the molecule is CC(C)(O)C#Cc1ccc(C(=O)N2CCCN(Cc3cccc(F)c3)CC2)o1. The molecule has 5 nitrogen and oxygen atoms in total. The van der Waals surface area contributed by atoms with E-state index in [2.05, 4.69) is 16.7 Å². The molecule has 28 heavy (non-hydrogen) atoms. The minimum Gasteiger partial charge on any atom is -0.443 e. The summed E-state index contributed by atoms with van der Waals surface area (Å²) in [5.74, 6) is 5.61. The van der Waals surface area contributed by atoms with Gasteiger partial charge in [-0.05, 0) is 56.0 Å². The van der Waals surface area contributed by atoms with E-state index in [1.54, 1.807) is 43.0 Å². The zero-order valence-corrected chi connectivity index (χ0v) is 16.2. The van der Waals surface area contributed by atoms with E-state index in [9.17, 15) is 14.3 Å². The summed E-state index contributed by atoms with van der Waals surface area (Å²) in [4.78, 5) is 16.7. The Hall–Kier alpha value is -2.62. The molecule has 0 saturated carbocycles. The molecule has 1 aliphatic heterocycles. The molecule has 148 valence electrons. The van der Waals surface area contributed by atoms with Gasteiger partial charge in [-0.3, -0.25) is 9.69 Å². The van der Waals surface area contributed by atoms with E-state index in [1.807, 2.05) is 6.07 Å². The smallest absolute Gasteiger partial charge is 0.289 e. The highest BCUT2D eigenvalue weighted by Crippen LogP contribution is 2.15. The van der Waals surface area contributed by atoms with Crippen molar-refractivity contribution in [2.75, 3.05) is 26.2 Å². The van der Waals surface area contributed by atoms with Crippen LogP contribution in [0.25, 0.3) is 0 Å². The van der Waals surface area contributed by atoms with E-state index < -0.39 is 5.60 Å². The second-order valence-corrected chi connectivity index (χ2v) is 7.52. The minimum atomic E-state index is -1.12. The quantitative estimate of drug-likeness (QED) is 0.827. The number of nitrogens with zero attached hydrogens (tertiary/aromatic N) is 2. The third kappa shape index (κ3) is 5.69. The van der Waals surface area contributed by atoms with Crippen LogP contribution in [0.1, 0.15) is 42.1 Å². The lowest BCUT2D eigenvalue weighted by molar-refractivity contribution is 0.0728. The van der Waals surface area contributed by atoms with Gasteiger partial charge in [-0.15, -0.1) is 0 Å². The van der Waals surface area contributed by atoms with Gasteiger partial charge >= 0.3 is 0 Å². The summed E-state index contributed by atoms with van der Waals surface area (Å²) < 4.78 is 18.9. The molecule has 0 spiro atoms. The zero-order valence-electron chi connectivity index (χ0n) is 16.2. The van der Waals surface area contributed by atoms with Crippen molar-refractivity contribution in [3.05, 3.63) is 59.3 Å². The molecule has 2 aromatic rings. The van der Waals surface area contributed by atoms with Crippen molar-refractivity contribution < 1.29 is 18.7 Å². The molecule has 1 saturated heterocycles. The van der Waals surface area contributed by atoms with E-state index in [4.69, 9.17) is 4.42 Å². The minimum absolute atomic E-state index is 0.163. The number of furan rings is 1. The van der Waals surface area contributed by atoms with Crippen LogP contribution in [0, 0.1) is 17.7 Å². The number of benzene rings is 1. The average Bonchev–Trinajstić information content (AvgIpc) is 2.99. The topological polar surface area (TPSA) is 56.9 Å². The first kappa shape index (κ1) is 20.1. The Balaban J connectivity index is 1.60. The van der Waals surface area contributed by atoms with Gasteiger partial charge in [0.15, 0.2) is 11.5 Å². The largest absolute Gasteiger partial charge is 0.443 e. The molecular formula is C22H25FN2O3. The first-order valence-corrected chi connectivity index (χ1v) is 9.42. The van der Waals surface area contributed by atoms with Crippen LogP contribution in [-0.2, 0) is 6.54 Å². The summed E-state index contributed by atoms with van der Waals surface area (Å²) in [6, 6.07) is 9.87. The van der Waals surface area contributed by atoms with Crippen LogP contribution in [-0.4, -0.2) is 52.6 Å². The van der Waals surface area contributed by atoms with Gasteiger partial charge in [0.1, 0.15) is 11.4 Å². The summed E-state index contributed by atoms with van der Waals surface area (Å²) in [6.07, 6.45) is 0.840. The van der Waals surface area contributed by atoms with E-state index in [0.29, 0.717) is 31.9 Å². The van der Waals surface area contributed by atoms with Crippen molar-refractivity contribution >= 4 is 5.91 Å². The maximum Gasteiger partial charge on any atom is 0.289 e. The van der Waals surface area contributed by atoms with Gasteiger partial charge in [-0.25, -0.2) is 4.39 Å². The fraction of sp³-hybridized carbons (Fsp3) is 0.409. The molecule has 2 heterocycles. The highest BCUT2D eigenvalue weighted by molar-refractivity contribution is 5.91. The normalized spacial score (nSPS) is 15.6. The summed E-state index contributed by atoms with van der Waals surface area (Å²) in [5.41, 5.74) is -0.187. The molecule has 0 aliphatic carbocycles. The number of hydrogen-bond acceptors (Lipinski definition) is 4. The van der Waals surface area contributed by atoms with Crippen LogP contribution >= 0.6 is 0 Å². The molecule has 0 unspecified atom stereocenters. The Morgan fingerprint density at radius 2 is 2.04 bits per heavy atom. The Morgan fingerprint density at radius 3 is 2.79 bits per heavy atom. The van der Waals surface area contributed by atoms with Crippen LogP contribution in [0.3, 0.4) is 0 Å². The van der Waals surface area contributed by atoms with Crippen LogP contribution in [0.5, 0.6) is 0 Å². The summed E-state index contributed by atoms with van der Waals surface area (Å²) in [5, 5.41) is 9.66. The first-order valence-electron chi connectivity index (χ1n) is 9.42. The molecule has 6 heteroatoms. The van der Waals surface area contributed by atoms with Gasteiger partial charge in [-0.1, -0.05) is 18.1 Å². The molecule has 1 fully saturated rings. The van der Waals surface area contributed by atoms with E-state index in [1.165, 1.54) is 6.07 Å². The monoisotopic (exact) mass is 384 g/mol. The summed E-state index contributed by atoms with van der Waals surface area (Å²) in [6.45, 7) is 6.62. The molecule has 1 aliphatic rings. The Bertz CT molecular complexity index is 889. The van der Waals surface area contributed by atoms with Crippen LogP contribution < -0.4 is 0 Å². The summed E-state index contributed by atoms with van der Waals surface area (Å²) >= 11 is 0. The number of rotatable bonds is 3. The number of hydrogen-bond donors (Lipinski definition) is 1. The van der Waals surface area contributed by atoms with Crippen LogP contribution in [0.2, 0.25) is 0 Å². The second kappa shape index (κ2) is 8.59. The van der Waals surface area contributed by atoms with Crippen LogP contribution in [0.4, 0.5) is 4.39 Å². The van der Waals surface area contributed by atoms with Crippen molar-refractivity contribution in [3.63, 3.8) is 0 Å². The molecule has 0 radical (unpaired) electrons. The lowest BCUT2D eigenvalue weighted by Crippen LogP contribution is -2.34. The Morgan fingerprint density at radius 1 is 1.21 bits per heavy atom. The first-order chi connectivity index (χ1) is 13.3. The lowest BCUT2D eigenvalue weighted by Gasteiger charge is -2.21. The second-order valence-electron chi connectivity index (χ2n) is 7.52. The molecule has 1 aromatic heterocycles. The van der Waals surface area contributed by atoms with Crippen LogP contribution in [0.15, 0.2) is 40.8 Å². The van der Waals surface area contributed by atoms with Crippen molar-refractivity contribution in [1.82, 2.24) is 9.80 Å². The zero-order chi connectivity index (χ0) is 20.1. The fourth-order valence-electron chi connectivity index (χ4n) is 3.12. The van der Waals surface area contributed by atoms with Crippen molar-refractivity contribution in [1.29, 1.82) is 0 Å². The maximum atomic E-state index is 13.4. The average molecular weight is 384 g/mol. The van der Waals surface area contributed by atoms with Gasteiger partial charge < -0.3 is 14.4 Å². The van der Waals surface area contributed by atoms with Crippen molar-refractivity contribution in [2.45, 2.75) is 32.4 Å². The Labute approximate surface area is 164 Å². The molecule has 3 rings (SSSR count). The van der Waals surface area contributed by atoms with Gasteiger partial charge in [0.2, 0.25) is 0 Å². The highest BCUT2D eigenvalue weighted by Gasteiger charge is 2.22. The maximum absolute atomic E-state index is 13.4. The third-order valence-corrected chi connectivity index (χ3v) is 4.48. The highest BCUT2D eigenvalue weighted by atomic mass is 19.1. The Kier molecular flexibility index (Phi) is 6.18. The van der Waals surface area contributed by atoms with E-state index in [-0.39, 0.29) is 17.5 Å². The molecule has 0 atom stereocenters. The molecule has 0 bridgehead atoms. The van der Waals surface area contributed by atoms with Gasteiger partial charge in [0.05, 0.1) is 0 Å². The van der Waals surface area contributed by atoms with Crippen molar-refractivity contribution in [3.8, 4) is 11.8 Å². The van der Waals surface area contributed by atoms with Crippen molar-refractivity contribution in [2.24, 2.45) is 0 Å². The number of amides is 1. The number of aliphatic hydroxyl groups is 1.